The Morgan fingerprint density at radius 3 is 2.59 bits per heavy atom. The molecule has 1 aliphatic rings. The Balaban J connectivity index is 1.49. The van der Waals surface area contributed by atoms with E-state index >= 15 is 0 Å². The SMILES string of the molecule is C/C=C\c1cc(NCC(C)(C)O)c2ncc(-c3ccc(-c4cnc(C5CC5)[nH]4)cc3)n2n1. The van der Waals surface area contributed by atoms with E-state index in [9.17, 15) is 5.11 Å². The van der Waals surface area contributed by atoms with Gasteiger partial charge in [-0.25, -0.2) is 14.5 Å². The van der Waals surface area contributed by atoms with Crippen molar-refractivity contribution in [2.75, 3.05) is 11.9 Å². The lowest BCUT2D eigenvalue weighted by Crippen LogP contribution is -2.29. The number of aromatic nitrogens is 5. The standard InChI is InChI=1S/C25H28N6O/c1-4-5-19-12-20(28-15-25(2,3)32)24-27-14-22(31(24)30-19)17-8-6-16(7-9-17)21-13-26-23(29-21)18-10-11-18/h4-9,12-14,18,28,32H,10-11,15H2,1-3H3,(H,26,29)/b5-4-. The highest BCUT2D eigenvalue weighted by Gasteiger charge is 2.26. The topological polar surface area (TPSA) is 91.1 Å². The molecule has 1 fully saturated rings. The van der Waals surface area contributed by atoms with E-state index in [0.29, 0.717) is 12.5 Å². The number of imidazole rings is 2. The second-order valence-electron chi connectivity index (χ2n) is 9.06. The molecule has 4 aromatic rings. The molecule has 7 heteroatoms. The first-order valence-corrected chi connectivity index (χ1v) is 11.0. The molecule has 1 saturated carbocycles. The number of nitrogens with zero attached hydrogens (tertiary/aromatic N) is 4. The molecular formula is C25H28N6O. The zero-order valence-electron chi connectivity index (χ0n) is 18.6. The highest BCUT2D eigenvalue weighted by molar-refractivity contribution is 5.75. The molecule has 32 heavy (non-hydrogen) atoms. The number of fused-ring (bicyclic) bond motifs is 1. The Kier molecular flexibility index (Phi) is 5.06. The van der Waals surface area contributed by atoms with Crippen LogP contribution in [0.5, 0.6) is 0 Å². The molecule has 0 atom stereocenters. The van der Waals surface area contributed by atoms with Crippen molar-refractivity contribution in [3.63, 3.8) is 0 Å². The summed E-state index contributed by atoms with van der Waals surface area (Å²) in [7, 11) is 0. The molecule has 1 aromatic carbocycles. The van der Waals surface area contributed by atoms with Gasteiger partial charge in [-0.2, -0.15) is 5.10 Å². The summed E-state index contributed by atoms with van der Waals surface area (Å²) in [6.45, 7) is 5.92. The Morgan fingerprint density at radius 2 is 1.91 bits per heavy atom. The average Bonchev–Trinajstić information content (AvgIpc) is 3.34. The lowest BCUT2D eigenvalue weighted by atomic mass is 10.1. The Bertz CT molecular complexity index is 1270. The minimum atomic E-state index is -0.835. The number of aromatic amines is 1. The molecule has 0 unspecified atom stereocenters. The van der Waals surface area contributed by atoms with Gasteiger partial charge in [-0.15, -0.1) is 0 Å². The number of hydrogen-bond donors (Lipinski definition) is 3. The quantitative estimate of drug-likeness (QED) is 0.390. The average molecular weight is 429 g/mol. The van der Waals surface area contributed by atoms with Crippen LogP contribution in [0.1, 0.15) is 51.0 Å². The summed E-state index contributed by atoms with van der Waals surface area (Å²) >= 11 is 0. The van der Waals surface area contributed by atoms with Gasteiger partial charge in [0.05, 0.1) is 40.8 Å². The zero-order valence-corrected chi connectivity index (χ0v) is 18.6. The molecule has 1 aliphatic carbocycles. The van der Waals surface area contributed by atoms with Crippen molar-refractivity contribution in [2.24, 2.45) is 0 Å². The lowest BCUT2D eigenvalue weighted by Gasteiger charge is -2.19. The highest BCUT2D eigenvalue weighted by Crippen LogP contribution is 2.39. The van der Waals surface area contributed by atoms with E-state index in [4.69, 9.17) is 5.10 Å². The van der Waals surface area contributed by atoms with Crippen molar-refractivity contribution < 1.29 is 5.11 Å². The van der Waals surface area contributed by atoms with Crippen molar-refractivity contribution in [3.05, 3.63) is 60.3 Å². The fourth-order valence-electron chi connectivity index (χ4n) is 3.75. The molecule has 164 valence electrons. The van der Waals surface area contributed by atoms with Gasteiger partial charge in [0, 0.05) is 18.0 Å². The number of benzene rings is 1. The van der Waals surface area contributed by atoms with Gasteiger partial charge in [0.1, 0.15) is 5.82 Å². The van der Waals surface area contributed by atoms with Crippen molar-refractivity contribution in [3.8, 4) is 22.5 Å². The smallest absolute Gasteiger partial charge is 0.177 e. The van der Waals surface area contributed by atoms with Crippen LogP contribution in [-0.4, -0.2) is 41.8 Å². The predicted octanol–water partition coefficient (Wildman–Crippen LogP) is 4.88. The van der Waals surface area contributed by atoms with Gasteiger partial charge in [-0.1, -0.05) is 30.3 Å². The van der Waals surface area contributed by atoms with Crippen molar-refractivity contribution >= 4 is 17.4 Å². The number of H-pyrrole nitrogens is 1. The summed E-state index contributed by atoms with van der Waals surface area (Å²) in [5.74, 6) is 1.70. The van der Waals surface area contributed by atoms with Gasteiger partial charge in [-0.3, -0.25) is 0 Å². The second-order valence-corrected chi connectivity index (χ2v) is 9.06. The van der Waals surface area contributed by atoms with Crippen LogP contribution in [0.25, 0.3) is 34.2 Å². The van der Waals surface area contributed by atoms with Gasteiger partial charge in [0.25, 0.3) is 0 Å². The predicted molar refractivity (Wildman–Crippen MR) is 127 cm³/mol. The van der Waals surface area contributed by atoms with Crippen molar-refractivity contribution in [1.82, 2.24) is 24.6 Å². The van der Waals surface area contributed by atoms with E-state index in [1.165, 1.54) is 12.8 Å². The van der Waals surface area contributed by atoms with Crippen molar-refractivity contribution in [2.45, 2.75) is 45.1 Å². The fraction of sp³-hybridized carbons (Fsp3) is 0.320. The van der Waals surface area contributed by atoms with Gasteiger partial charge in [-0.05, 0) is 51.3 Å². The van der Waals surface area contributed by atoms with Crippen LogP contribution in [0.4, 0.5) is 5.69 Å². The Hall–Kier alpha value is -3.45. The molecule has 3 heterocycles. The summed E-state index contributed by atoms with van der Waals surface area (Å²) in [5.41, 5.74) is 5.64. The summed E-state index contributed by atoms with van der Waals surface area (Å²) in [6.07, 6.45) is 10.1. The molecule has 3 aromatic heterocycles. The third kappa shape index (κ3) is 4.16. The van der Waals surface area contributed by atoms with Crippen LogP contribution in [0, 0.1) is 0 Å². The summed E-state index contributed by atoms with van der Waals surface area (Å²) in [5, 5.41) is 18.2. The molecule has 0 bridgehead atoms. The van der Waals surface area contributed by atoms with Crippen LogP contribution in [0.3, 0.4) is 0 Å². The van der Waals surface area contributed by atoms with E-state index < -0.39 is 5.60 Å². The fourth-order valence-corrected chi connectivity index (χ4v) is 3.75. The molecule has 3 N–H and O–H groups in total. The minimum absolute atomic E-state index is 0.409. The van der Waals surface area contributed by atoms with E-state index in [0.717, 1.165) is 45.4 Å². The molecule has 0 amide bonds. The maximum Gasteiger partial charge on any atom is 0.177 e. The van der Waals surface area contributed by atoms with Crippen LogP contribution >= 0.6 is 0 Å². The van der Waals surface area contributed by atoms with E-state index in [1.54, 1.807) is 13.8 Å². The normalized spacial score (nSPS) is 14.5. The summed E-state index contributed by atoms with van der Waals surface area (Å²) < 4.78 is 1.86. The third-order valence-corrected chi connectivity index (χ3v) is 5.59. The first-order chi connectivity index (χ1) is 15.4. The zero-order chi connectivity index (χ0) is 22.3. The second kappa shape index (κ2) is 7.91. The summed E-state index contributed by atoms with van der Waals surface area (Å²) in [6, 6.07) is 10.3. The van der Waals surface area contributed by atoms with E-state index in [-0.39, 0.29) is 0 Å². The minimum Gasteiger partial charge on any atom is -0.389 e. The molecule has 5 rings (SSSR count). The maximum atomic E-state index is 10.1. The molecular weight excluding hydrogens is 400 g/mol. The van der Waals surface area contributed by atoms with Crippen LogP contribution in [0.2, 0.25) is 0 Å². The number of allylic oxidation sites excluding steroid dienone is 1. The van der Waals surface area contributed by atoms with Crippen LogP contribution < -0.4 is 5.32 Å². The molecule has 0 aliphatic heterocycles. The Morgan fingerprint density at radius 1 is 1.16 bits per heavy atom. The largest absolute Gasteiger partial charge is 0.389 e. The van der Waals surface area contributed by atoms with Gasteiger partial charge < -0.3 is 15.4 Å². The third-order valence-electron chi connectivity index (χ3n) is 5.59. The van der Waals surface area contributed by atoms with Crippen molar-refractivity contribution in [1.29, 1.82) is 0 Å². The monoisotopic (exact) mass is 428 g/mol. The lowest BCUT2D eigenvalue weighted by molar-refractivity contribution is 0.0945. The van der Waals surface area contributed by atoms with Gasteiger partial charge in [0.15, 0.2) is 5.65 Å². The van der Waals surface area contributed by atoms with Gasteiger partial charge >= 0.3 is 0 Å². The molecule has 0 spiro atoms. The molecule has 0 radical (unpaired) electrons. The first kappa shape index (κ1) is 20.5. The highest BCUT2D eigenvalue weighted by atomic mass is 16.3. The molecule has 0 saturated heterocycles. The van der Waals surface area contributed by atoms with E-state index in [1.807, 2.05) is 42.1 Å². The number of aliphatic hydroxyl groups is 1. The first-order valence-electron chi connectivity index (χ1n) is 11.0. The van der Waals surface area contributed by atoms with Crippen LogP contribution in [-0.2, 0) is 0 Å². The number of rotatable bonds is 7. The van der Waals surface area contributed by atoms with Crippen LogP contribution in [0.15, 0.2) is 48.8 Å². The van der Waals surface area contributed by atoms with E-state index in [2.05, 4.69) is 44.5 Å². The summed E-state index contributed by atoms with van der Waals surface area (Å²) in [4.78, 5) is 12.6. The van der Waals surface area contributed by atoms with Gasteiger partial charge in [0.2, 0.25) is 0 Å². The maximum absolute atomic E-state index is 10.1. The number of anilines is 1. The number of nitrogens with one attached hydrogen (secondary N) is 2. The number of hydrogen-bond acceptors (Lipinski definition) is 5. The Labute approximate surface area is 187 Å². The molecule has 7 nitrogen and oxygen atoms in total.